The van der Waals surface area contributed by atoms with Crippen LogP contribution >= 0.6 is 0 Å². The van der Waals surface area contributed by atoms with Crippen LogP contribution in [0.15, 0.2) is 28.4 Å². The van der Waals surface area contributed by atoms with Crippen molar-refractivity contribution in [2.24, 2.45) is 21.6 Å². The zero-order valence-corrected chi connectivity index (χ0v) is 21.2. The first kappa shape index (κ1) is 25.5. The second-order valence-corrected chi connectivity index (χ2v) is 10.1. The molecule has 0 radical (unpaired) electrons. The van der Waals surface area contributed by atoms with Crippen LogP contribution in [0, 0.1) is 5.92 Å². The van der Waals surface area contributed by atoms with E-state index in [9.17, 15) is 13.2 Å². The lowest BCUT2D eigenvalue weighted by atomic mass is 9.88. The maximum absolute atomic E-state index is 12.8. The Kier molecular flexibility index (Phi) is 7.11. The number of ether oxygens (including phenoxy) is 1. The Balaban J connectivity index is 1.44. The Morgan fingerprint density at radius 1 is 1.19 bits per heavy atom. The molecule has 0 aliphatic carbocycles. The van der Waals surface area contributed by atoms with Gasteiger partial charge in [-0.3, -0.25) is 4.99 Å². The summed E-state index contributed by atoms with van der Waals surface area (Å²) < 4.78 is 46.4. The van der Waals surface area contributed by atoms with E-state index in [0.29, 0.717) is 42.2 Å². The second kappa shape index (κ2) is 10.3. The Bertz CT molecular complexity index is 1180. The normalized spacial score (nSPS) is 22.0. The highest BCUT2D eigenvalue weighted by atomic mass is 19.4. The Morgan fingerprint density at radius 2 is 1.97 bits per heavy atom. The maximum atomic E-state index is 12.8. The highest BCUT2D eigenvalue weighted by Crippen LogP contribution is 2.38. The smallest absolute Gasteiger partial charge is 0.408 e. The van der Waals surface area contributed by atoms with E-state index in [0.717, 1.165) is 31.9 Å². The van der Waals surface area contributed by atoms with Crippen LogP contribution in [0.4, 0.5) is 19.0 Å². The van der Waals surface area contributed by atoms with Gasteiger partial charge in [-0.1, -0.05) is 0 Å². The quantitative estimate of drug-likeness (QED) is 0.493. The van der Waals surface area contributed by atoms with Gasteiger partial charge in [0, 0.05) is 31.0 Å². The lowest BCUT2D eigenvalue weighted by Gasteiger charge is -2.37. The molecule has 2 aromatic heterocycles. The molecule has 12 heteroatoms. The van der Waals surface area contributed by atoms with Crippen LogP contribution in [0.25, 0.3) is 11.4 Å². The van der Waals surface area contributed by atoms with E-state index in [4.69, 9.17) is 15.5 Å². The van der Waals surface area contributed by atoms with E-state index in [1.165, 1.54) is 26.2 Å². The maximum Gasteiger partial charge on any atom is 0.408 e. The van der Waals surface area contributed by atoms with Crippen molar-refractivity contribution in [1.29, 1.82) is 0 Å². The molecular weight excluding hydrogens is 485 g/mol. The molecule has 37 heavy (non-hydrogen) atoms. The molecule has 0 amide bonds. The first-order chi connectivity index (χ1) is 17.7. The first-order valence-corrected chi connectivity index (χ1v) is 12.8. The lowest BCUT2D eigenvalue weighted by Crippen LogP contribution is -2.42. The topological polar surface area (TPSA) is 97.2 Å². The van der Waals surface area contributed by atoms with Crippen LogP contribution < -0.4 is 15.4 Å². The highest BCUT2D eigenvalue weighted by molar-refractivity contribution is 6.04. The number of imidazole rings is 1. The molecule has 0 bridgehead atoms. The van der Waals surface area contributed by atoms with E-state index >= 15 is 0 Å². The van der Waals surface area contributed by atoms with E-state index < -0.39 is 12.7 Å². The molecule has 1 atom stereocenters. The molecule has 3 aliphatic rings. The molecule has 2 saturated heterocycles. The van der Waals surface area contributed by atoms with E-state index in [-0.39, 0.29) is 17.4 Å². The molecule has 2 N–H and O–H groups in total. The van der Waals surface area contributed by atoms with Crippen molar-refractivity contribution >= 4 is 17.5 Å². The minimum Gasteiger partial charge on any atom is -0.491 e. The Labute approximate surface area is 214 Å². The van der Waals surface area contributed by atoms with Crippen molar-refractivity contribution in [2.75, 3.05) is 44.7 Å². The molecule has 0 saturated carbocycles. The van der Waals surface area contributed by atoms with Gasteiger partial charge < -0.3 is 24.8 Å². The van der Waals surface area contributed by atoms with E-state index in [2.05, 4.69) is 31.8 Å². The molecular formula is C25H33F3N8O. The van der Waals surface area contributed by atoms with Crippen molar-refractivity contribution < 1.29 is 17.9 Å². The number of amidine groups is 2. The fraction of sp³-hybridized carbons (Fsp3) is 0.600. The van der Waals surface area contributed by atoms with Crippen LogP contribution in [-0.4, -0.2) is 83.2 Å². The highest BCUT2D eigenvalue weighted by Gasteiger charge is 2.35. The summed E-state index contributed by atoms with van der Waals surface area (Å²) in [6.07, 6.45) is 3.65. The summed E-state index contributed by atoms with van der Waals surface area (Å²) in [5.41, 5.74) is 6.57. The molecule has 0 spiro atoms. The fourth-order valence-corrected chi connectivity index (χ4v) is 5.52. The first-order valence-electron chi connectivity index (χ1n) is 12.8. The minimum absolute atomic E-state index is 0.101. The van der Waals surface area contributed by atoms with Crippen LogP contribution in [0.1, 0.15) is 38.3 Å². The molecule has 5 rings (SSSR count). The third-order valence-electron chi connectivity index (χ3n) is 7.28. The molecule has 200 valence electrons. The number of aromatic nitrogens is 3. The average molecular weight is 519 g/mol. The molecule has 0 aromatic carbocycles. The van der Waals surface area contributed by atoms with Gasteiger partial charge in [-0.05, 0) is 58.7 Å². The number of nitrogens with two attached hydrogens (primary N) is 1. The summed E-state index contributed by atoms with van der Waals surface area (Å²) in [4.78, 5) is 21.9. The largest absolute Gasteiger partial charge is 0.491 e. The number of alkyl halides is 3. The molecule has 3 aliphatic heterocycles. The van der Waals surface area contributed by atoms with Gasteiger partial charge in [0.05, 0.1) is 17.9 Å². The van der Waals surface area contributed by atoms with Gasteiger partial charge in [0.25, 0.3) is 0 Å². The van der Waals surface area contributed by atoms with Crippen LogP contribution in [0.5, 0.6) is 5.75 Å². The van der Waals surface area contributed by atoms with Crippen molar-refractivity contribution in [3.05, 3.63) is 24.2 Å². The number of rotatable bonds is 4. The molecule has 9 nitrogen and oxygen atoms in total. The predicted octanol–water partition coefficient (Wildman–Crippen LogP) is 3.33. The summed E-state index contributed by atoms with van der Waals surface area (Å²) in [6.45, 7) is 4.23. The lowest BCUT2D eigenvalue weighted by molar-refractivity contribution is -0.118. The summed E-state index contributed by atoms with van der Waals surface area (Å²) in [7, 11) is 2.18. The predicted molar refractivity (Wildman–Crippen MR) is 136 cm³/mol. The summed E-state index contributed by atoms with van der Waals surface area (Å²) in [5.74, 6) is 2.73. The Hall–Kier alpha value is -3.15. The molecule has 2 fully saturated rings. The summed E-state index contributed by atoms with van der Waals surface area (Å²) >= 11 is 0. The number of nitrogens with zero attached hydrogens (tertiary/aromatic N) is 7. The van der Waals surface area contributed by atoms with E-state index in [1.807, 2.05) is 10.6 Å². The van der Waals surface area contributed by atoms with Crippen LogP contribution in [-0.2, 0) is 6.54 Å². The number of likely N-dealkylation sites (tertiary alicyclic amines) is 1. The summed E-state index contributed by atoms with van der Waals surface area (Å²) in [6, 6.07) is 2.45. The van der Waals surface area contributed by atoms with Gasteiger partial charge in [-0.2, -0.15) is 13.2 Å². The number of hydrogen-bond donors (Lipinski definition) is 1. The van der Waals surface area contributed by atoms with Crippen molar-refractivity contribution in [3.63, 3.8) is 0 Å². The van der Waals surface area contributed by atoms with Gasteiger partial charge in [0.2, 0.25) is 0 Å². The minimum atomic E-state index is -4.46. The zero-order valence-electron chi connectivity index (χ0n) is 21.2. The van der Waals surface area contributed by atoms with Gasteiger partial charge in [-0.15, -0.1) is 0 Å². The van der Waals surface area contributed by atoms with Gasteiger partial charge >= 0.3 is 6.18 Å². The van der Waals surface area contributed by atoms with Crippen molar-refractivity contribution in [2.45, 2.75) is 51.4 Å². The number of halogens is 3. The van der Waals surface area contributed by atoms with Crippen molar-refractivity contribution in [3.8, 4) is 17.1 Å². The third-order valence-corrected chi connectivity index (χ3v) is 7.28. The number of piperidine rings is 1. The Morgan fingerprint density at radius 3 is 2.70 bits per heavy atom. The van der Waals surface area contributed by atoms with Gasteiger partial charge in [-0.25, -0.2) is 15.0 Å². The van der Waals surface area contributed by atoms with Gasteiger partial charge in [0.1, 0.15) is 36.2 Å². The SMILES string of the molecule is CC(N)=NC(=NCC(F)(F)F)c1cn2c(n1)-c1cnc(N3CCCC3C3CCN(C)CC3)cc1OCC2. The van der Waals surface area contributed by atoms with Gasteiger partial charge in [0.15, 0.2) is 5.84 Å². The zero-order chi connectivity index (χ0) is 26.2. The molecule has 5 heterocycles. The standard InChI is InChI=1S/C25H33F3N8O/c1-16(29)32-23(31-15-25(26,27)28)19-14-35-10-11-37-21-12-22(30-13-18(21)24(35)33-19)36-7-3-4-20(36)17-5-8-34(2)9-6-17/h12-14,17,20H,3-11,15H2,1-2H3,(H2,29,31,32). The number of pyridine rings is 1. The fourth-order valence-electron chi connectivity index (χ4n) is 5.52. The molecule has 2 aromatic rings. The van der Waals surface area contributed by atoms with Crippen LogP contribution in [0.2, 0.25) is 0 Å². The second-order valence-electron chi connectivity index (χ2n) is 10.1. The molecule has 1 unspecified atom stereocenters. The third kappa shape index (κ3) is 5.73. The van der Waals surface area contributed by atoms with Crippen molar-refractivity contribution in [1.82, 2.24) is 19.4 Å². The number of aliphatic imine (C=N–C) groups is 2. The average Bonchev–Trinajstić information content (AvgIpc) is 3.46. The van der Waals surface area contributed by atoms with Crippen LogP contribution in [0.3, 0.4) is 0 Å². The monoisotopic (exact) mass is 518 g/mol. The summed E-state index contributed by atoms with van der Waals surface area (Å²) in [5, 5.41) is 0. The van der Waals surface area contributed by atoms with E-state index in [1.54, 1.807) is 12.4 Å². The number of fused-ring (bicyclic) bond motifs is 3. The number of hydrogen-bond acceptors (Lipinski definition) is 6. The number of anilines is 1.